The van der Waals surface area contributed by atoms with Crippen molar-refractivity contribution in [3.8, 4) is 5.75 Å². The minimum Gasteiger partial charge on any atom is -0.494 e. The number of aromatic nitrogens is 1. The van der Waals surface area contributed by atoms with E-state index in [0.29, 0.717) is 30.9 Å². The summed E-state index contributed by atoms with van der Waals surface area (Å²) in [7, 11) is 0. The Morgan fingerprint density at radius 3 is 2.32 bits per heavy atom. The van der Waals surface area contributed by atoms with Crippen molar-refractivity contribution in [3.05, 3.63) is 52.3 Å². The molecule has 1 N–H and O–H groups in total. The van der Waals surface area contributed by atoms with Crippen LogP contribution in [0, 0.1) is 13.8 Å². The second-order valence-corrected chi connectivity index (χ2v) is 8.13. The van der Waals surface area contributed by atoms with E-state index in [-0.39, 0.29) is 17.9 Å². The average Bonchev–Trinajstić information content (AvgIpc) is 3.06. The zero-order chi connectivity index (χ0) is 22.4. The molecule has 1 saturated carbocycles. The Balaban J connectivity index is 1.88. The van der Waals surface area contributed by atoms with Gasteiger partial charge in [-0.05, 0) is 70.4 Å². The zero-order valence-corrected chi connectivity index (χ0v) is 19.1. The molecule has 0 bridgehead atoms. The molecule has 0 saturated heterocycles. The van der Waals surface area contributed by atoms with Gasteiger partial charge < -0.3 is 19.4 Å². The Bertz CT molecular complexity index is 895. The molecule has 1 fully saturated rings. The molecule has 1 aromatic heterocycles. The van der Waals surface area contributed by atoms with Crippen LogP contribution < -0.4 is 4.74 Å². The van der Waals surface area contributed by atoms with Gasteiger partial charge in [-0.3, -0.25) is 4.79 Å². The van der Waals surface area contributed by atoms with Crippen LogP contribution in [-0.2, 0) is 11.3 Å². The van der Waals surface area contributed by atoms with Crippen LogP contribution in [0.2, 0.25) is 0 Å². The average molecular weight is 427 g/mol. The van der Waals surface area contributed by atoms with Crippen molar-refractivity contribution in [2.45, 2.75) is 72.4 Å². The topological polar surface area (TPSA) is 71.6 Å². The number of nitrogens with zero attached hydrogens (tertiary/aromatic N) is 1. The maximum Gasteiger partial charge on any atom is 0.340 e. The summed E-state index contributed by atoms with van der Waals surface area (Å²) >= 11 is 0. The monoisotopic (exact) mass is 426 g/mol. The van der Waals surface area contributed by atoms with Gasteiger partial charge in [0.25, 0.3) is 5.91 Å². The molecule has 31 heavy (non-hydrogen) atoms. The minimum atomic E-state index is -0.318. The number of amides is 1. The highest BCUT2D eigenvalue weighted by Gasteiger charge is 2.29. The van der Waals surface area contributed by atoms with E-state index in [2.05, 4.69) is 4.98 Å². The SMILES string of the molecule is CCOC(=O)c1c(C)[nH]c(CN(C(=O)c2ccc(OCC)cc2)C2CCCCC2)c1C. The van der Waals surface area contributed by atoms with Gasteiger partial charge in [0.2, 0.25) is 0 Å². The lowest BCUT2D eigenvalue weighted by molar-refractivity contribution is 0.0524. The Hall–Kier alpha value is -2.76. The fourth-order valence-corrected chi connectivity index (χ4v) is 4.44. The molecule has 1 aromatic carbocycles. The molecular formula is C25H34N2O4. The normalized spacial score (nSPS) is 14.3. The first-order chi connectivity index (χ1) is 15.0. The van der Waals surface area contributed by atoms with E-state index in [0.717, 1.165) is 48.4 Å². The highest BCUT2D eigenvalue weighted by Crippen LogP contribution is 2.28. The van der Waals surface area contributed by atoms with Crippen LogP contribution in [0.5, 0.6) is 5.75 Å². The van der Waals surface area contributed by atoms with E-state index in [4.69, 9.17) is 9.47 Å². The number of aryl methyl sites for hydroxylation is 1. The number of hydrogen-bond acceptors (Lipinski definition) is 4. The van der Waals surface area contributed by atoms with Crippen LogP contribution in [0.4, 0.5) is 0 Å². The summed E-state index contributed by atoms with van der Waals surface area (Å²) in [6.45, 7) is 8.92. The van der Waals surface area contributed by atoms with Gasteiger partial charge in [0.05, 0.1) is 25.3 Å². The van der Waals surface area contributed by atoms with Crippen LogP contribution >= 0.6 is 0 Å². The molecule has 3 rings (SSSR count). The summed E-state index contributed by atoms with van der Waals surface area (Å²) in [4.78, 5) is 31.2. The lowest BCUT2D eigenvalue weighted by Crippen LogP contribution is -2.41. The van der Waals surface area contributed by atoms with Crippen LogP contribution in [0.1, 0.15) is 83.6 Å². The summed E-state index contributed by atoms with van der Waals surface area (Å²) in [5, 5.41) is 0. The van der Waals surface area contributed by atoms with Gasteiger partial charge in [-0.2, -0.15) is 0 Å². The van der Waals surface area contributed by atoms with Gasteiger partial charge >= 0.3 is 5.97 Å². The van der Waals surface area contributed by atoms with E-state index in [1.807, 2.05) is 49.9 Å². The van der Waals surface area contributed by atoms with Gasteiger partial charge in [0.1, 0.15) is 5.75 Å². The summed E-state index contributed by atoms with van der Waals surface area (Å²) in [6.07, 6.45) is 5.50. The maximum atomic E-state index is 13.5. The first kappa shape index (κ1) is 22.9. The highest BCUT2D eigenvalue weighted by atomic mass is 16.5. The zero-order valence-electron chi connectivity index (χ0n) is 19.1. The summed E-state index contributed by atoms with van der Waals surface area (Å²) in [5.74, 6) is 0.458. The molecule has 2 aromatic rings. The molecular weight excluding hydrogens is 392 g/mol. The molecule has 6 heteroatoms. The standard InChI is InChI=1S/C25H34N2O4/c1-5-30-21-14-12-19(13-15-21)24(28)27(20-10-8-7-9-11-20)16-22-17(3)23(18(4)26-22)25(29)31-6-2/h12-15,20,26H,5-11,16H2,1-4H3. The predicted molar refractivity (Wildman–Crippen MR) is 121 cm³/mol. The van der Waals surface area contributed by atoms with Crippen LogP contribution in [0.15, 0.2) is 24.3 Å². The van der Waals surface area contributed by atoms with E-state index in [9.17, 15) is 9.59 Å². The number of H-pyrrole nitrogens is 1. The first-order valence-corrected chi connectivity index (χ1v) is 11.3. The second kappa shape index (κ2) is 10.5. The third-order valence-electron chi connectivity index (χ3n) is 6.04. The van der Waals surface area contributed by atoms with Crippen molar-refractivity contribution in [1.82, 2.24) is 9.88 Å². The molecule has 0 spiro atoms. The molecule has 0 radical (unpaired) electrons. The fourth-order valence-electron chi connectivity index (χ4n) is 4.44. The summed E-state index contributed by atoms with van der Waals surface area (Å²) in [6, 6.07) is 7.55. The van der Waals surface area contributed by atoms with Crippen molar-refractivity contribution in [1.29, 1.82) is 0 Å². The molecule has 168 valence electrons. The van der Waals surface area contributed by atoms with Gasteiger partial charge in [-0.15, -0.1) is 0 Å². The van der Waals surface area contributed by atoms with Crippen LogP contribution in [0.3, 0.4) is 0 Å². The predicted octanol–water partition coefficient (Wildman–Crippen LogP) is 5.18. The second-order valence-electron chi connectivity index (χ2n) is 8.13. The Morgan fingerprint density at radius 1 is 1.03 bits per heavy atom. The number of nitrogens with one attached hydrogen (secondary N) is 1. The van der Waals surface area contributed by atoms with Crippen molar-refractivity contribution in [2.24, 2.45) is 0 Å². The molecule has 6 nitrogen and oxygen atoms in total. The maximum absolute atomic E-state index is 13.5. The van der Waals surface area contributed by atoms with Crippen LogP contribution in [0.25, 0.3) is 0 Å². The molecule has 1 amide bonds. The third kappa shape index (κ3) is 5.30. The first-order valence-electron chi connectivity index (χ1n) is 11.3. The summed E-state index contributed by atoms with van der Waals surface area (Å²) in [5.41, 5.74) is 3.76. The van der Waals surface area contributed by atoms with E-state index < -0.39 is 0 Å². The Morgan fingerprint density at radius 2 is 1.71 bits per heavy atom. The van der Waals surface area contributed by atoms with Crippen molar-refractivity contribution in [3.63, 3.8) is 0 Å². The van der Waals surface area contributed by atoms with Gasteiger partial charge in [0, 0.05) is 23.0 Å². The van der Waals surface area contributed by atoms with E-state index in [1.165, 1.54) is 6.42 Å². The van der Waals surface area contributed by atoms with Gasteiger partial charge in [0.15, 0.2) is 0 Å². The van der Waals surface area contributed by atoms with Crippen molar-refractivity contribution in [2.75, 3.05) is 13.2 Å². The van der Waals surface area contributed by atoms with Crippen molar-refractivity contribution < 1.29 is 19.1 Å². The number of esters is 1. The quantitative estimate of drug-likeness (QED) is 0.590. The van der Waals surface area contributed by atoms with Gasteiger partial charge in [-0.1, -0.05) is 19.3 Å². The number of carbonyl (C=O) groups excluding carboxylic acids is 2. The number of rotatable bonds is 8. The summed E-state index contributed by atoms with van der Waals surface area (Å²) < 4.78 is 10.7. The molecule has 0 atom stereocenters. The number of ether oxygens (including phenoxy) is 2. The largest absolute Gasteiger partial charge is 0.494 e. The number of carbonyl (C=O) groups is 2. The molecule has 1 aliphatic carbocycles. The van der Waals surface area contributed by atoms with Gasteiger partial charge in [-0.25, -0.2) is 4.79 Å². The Labute approximate surface area is 184 Å². The van der Waals surface area contributed by atoms with E-state index in [1.54, 1.807) is 6.92 Å². The van der Waals surface area contributed by atoms with Crippen molar-refractivity contribution >= 4 is 11.9 Å². The minimum absolute atomic E-state index is 0.0132. The lowest BCUT2D eigenvalue weighted by Gasteiger charge is -2.34. The Kier molecular flexibility index (Phi) is 7.77. The highest BCUT2D eigenvalue weighted by molar-refractivity contribution is 5.95. The third-order valence-corrected chi connectivity index (χ3v) is 6.04. The lowest BCUT2D eigenvalue weighted by atomic mass is 9.93. The fraction of sp³-hybridized carbons (Fsp3) is 0.520. The number of hydrogen-bond donors (Lipinski definition) is 1. The van der Waals surface area contributed by atoms with Crippen LogP contribution in [-0.4, -0.2) is 41.0 Å². The molecule has 1 heterocycles. The number of benzene rings is 1. The smallest absolute Gasteiger partial charge is 0.340 e. The molecule has 0 unspecified atom stereocenters. The molecule has 0 aliphatic heterocycles. The van der Waals surface area contributed by atoms with E-state index >= 15 is 0 Å². The number of aromatic amines is 1. The molecule has 1 aliphatic rings.